The minimum absolute atomic E-state index is 0.413. The summed E-state index contributed by atoms with van der Waals surface area (Å²) in [5.41, 5.74) is 3.32. The van der Waals surface area contributed by atoms with Gasteiger partial charge in [0.05, 0.1) is 23.5 Å². The largest absolute Gasteiger partial charge is 0.494 e. The molecule has 5 nitrogen and oxygen atoms in total. The van der Waals surface area contributed by atoms with Crippen molar-refractivity contribution < 1.29 is 14.3 Å². The number of carbonyl (C=O) groups is 1. The smallest absolute Gasteiger partial charge is 0.343 e. The van der Waals surface area contributed by atoms with E-state index in [0.717, 1.165) is 40.0 Å². The van der Waals surface area contributed by atoms with Crippen molar-refractivity contribution >= 4 is 39.9 Å². The van der Waals surface area contributed by atoms with Crippen molar-refractivity contribution in [1.29, 1.82) is 0 Å². The van der Waals surface area contributed by atoms with Crippen LogP contribution in [0.15, 0.2) is 77.0 Å². The first-order valence-electron chi connectivity index (χ1n) is 11.3. The van der Waals surface area contributed by atoms with Gasteiger partial charge in [0.15, 0.2) is 0 Å². The van der Waals surface area contributed by atoms with Crippen molar-refractivity contribution in [3.8, 4) is 11.5 Å². The number of esters is 1. The molecule has 33 heavy (non-hydrogen) atoms. The molecule has 0 aromatic heterocycles. The summed E-state index contributed by atoms with van der Waals surface area (Å²) in [5, 5.41) is 8.68. The third-order valence-corrected chi connectivity index (χ3v) is 5.88. The number of unbranched alkanes of at least 4 members (excludes halogenated alkanes) is 2. The molecule has 0 spiro atoms. The van der Waals surface area contributed by atoms with Crippen LogP contribution in [-0.2, 0) is 6.42 Å². The molecule has 3 aromatic carbocycles. The second kappa shape index (κ2) is 13.1. The lowest BCUT2D eigenvalue weighted by atomic mass is 10.1. The van der Waals surface area contributed by atoms with Crippen molar-refractivity contribution in [3.63, 3.8) is 0 Å². The molecular weight excluding hydrogens is 527 g/mol. The first kappa shape index (κ1) is 24.9. The average Bonchev–Trinajstić information content (AvgIpc) is 2.83. The maximum absolute atomic E-state index is 12.5. The summed E-state index contributed by atoms with van der Waals surface area (Å²) in [6, 6.07) is 20.5. The molecule has 0 atom stereocenters. The fourth-order valence-electron chi connectivity index (χ4n) is 3.04. The summed E-state index contributed by atoms with van der Waals surface area (Å²) in [5.74, 6) is 0.801. The lowest BCUT2D eigenvalue weighted by Gasteiger charge is -2.08. The zero-order chi connectivity index (χ0) is 23.5. The highest BCUT2D eigenvalue weighted by Gasteiger charge is 2.10. The Morgan fingerprint density at radius 2 is 1.55 bits per heavy atom. The number of rotatable bonds is 11. The molecule has 172 valence electrons. The number of hydrogen-bond acceptors (Lipinski definition) is 5. The number of azo groups is 1. The van der Waals surface area contributed by atoms with Gasteiger partial charge < -0.3 is 9.47 Å². The number of carbonyl (C=O) groups excluding carboxylic acids is 1. The predicted molar refractivity (Wildman–Crippen MR) is 140 cm³/mol. The van der Waals surface area contributed by atoms with Crippen LogP contribution in [0.4, 0.5) is 11.4 Å². The molecular formula is C27H29IN2O3. The van der Waals surface area contributed by atoms with Crippen LogP contribution < -0.4 is 9.47 Å². The molecule has 3 rings (SSSR count). The summed E-state index contributed by atoms with van der Waals surface area (Å²) in [6.07, 6.45) is 5.54. The maximum atomic E-state index is 12.5. The van der Waals surface area contributed by atoms with Crippen LogP contribution in [0.2, 0.25) is 0 Å². The lowest BCUT2D eigenvalue weighted by molar-refractivity contribution is 0.0734. The third kappa shape index (κ3) is 7.96. The quantitative estimate of drug-likeness (QED) is 0.0783. The second-order valence-corrected chi connectivity index (χ2v) is 8.86. The average molecular weight is 556 g/mol. The van der Waals surface area contributed by atoms with Crippen LogP contribution in [0, 0.1) is 3.57 Å². The summed E-state index contributed by atoms with van der Waals surface area (Å²) in [7, 11) is 0. The molecule has 0 aliphatic rings. The Kier molecular flexibility index (Phi) is 9.87. The molecule has 0 fully saturated rings. The van der Waals surface area contributed by atoms with Gasteiger partial charge in [0.2, 0.25) is 0 Å². The molecule has 0 aliphatic heterocycles. The van der Waals surface area contributed by atoms with Gasteiger partial charge >= 0.3 is 5.97 Å². The van der Waals surface area contributed by atoms with E-state index in [9.17, 15) is 4.79 Å². The monoisotopic (exact) mass is 556 g/mol. The molecule has 0 radical (unpaired) electrons. The Morgan fingerprint density at radius 1 is 0.848 bits per heavy atom. The SMILES string of the molecule is CCCCOc1ccc(C(=O)Oc2ccc(N=Nc3ccc(CCCC)cc3)c(I)c2)cc1. The summed E-state index contributed by atoms with van der Waals surface area (Å²) in [4.78, 5) is 12.5. The Morgan fingerprint density at radius 3 is 2.21 bits per heavy atom. The van der Waals surface area contributed by atoms with Gasteiger partial charge in [-0.1, -0.05) is 38.8 Å². The van der Waals surface area contributed by atoms with E-state index in [1.165, 1.54) is 18.4 Å². The Hall–Kier alpha value is -2.74. The van der Waals surface area contributed by atoms with E-state index >= 15 is 0 Å². The number of ether oxygens (including phenoxy) is 2. The van der Waals surface area contributed by atoms with Gasteiger partial charge in [-0.3, -0.25) is 0 Å². The highest BCUT2D eigenvalue weighted by Crippen LogP contribution is 2.28. The van der Waals surface area contributed by atoms with Gasteiger partial charge in [-0.05, 0) is 102 Å². The van der Waals surface area contributed by atoms with E-state index < -0.39 is 5.97 Å². The van der Waals surface area contributed by atoms with E-state index in [0.29, 0.717) is 17.9 Å². The van der Waals surface area contributed by atoms with Gasteiger partial charge in [0.25, 0.3) is 0 Å². The number of halogens is 1. The van der Waals surface area contributed by atoms with E-state index in [-0.39, 0.29) is 0 Å². The normalized spacial score (nSPS) is 11.0. The van der Waals surface area contributed by atoms with E-state index in [2.05, 4.69) is 58.8 Å². The number of benzene rings is 3. The number of hydrogen-bond donors (Lipinski definition) is 0. The molecule has 3 aromatic rings. The molecule has 0 heterocycles. The van der Waals surface area contributed by atoms with E-state index in [1.54, 1.807) is 42.5 Å². The fraction of sp³-hybridized carbons (Fsp3) is 0.296. The number of aryl methyl sites for hydroxylation is 1. The van der Waals surface area contributed by atoms with Crippen molar-refractivity contribution in [1.82, 2.24) is 0 Å². The molecule has 0 saturated carbocycles. The Bertz CT molecular complexity index is 1060. The van der Waals surface area contributed by atoms with Gasteiger partial charge in [0, 0.05) is 3.57 Å². The third-order valence-electron chi connectivity index (χ3n) is 5.01. The Balaban J connectivity index is 1.58. The van der Waals surface area contributed by atoms with Crippen molar-refractivity contribution in [3.05, 3.63) is 81.4 Å². The fourth-order valence-corrected chi connectivity index (χ4v) is 3.64. The molecule has 0 aliphatic carbocycles. The Labute approximate surface area is 209 Å². The van der Waals surface area contributed by atoms with Crippen LogP contribution in [0.3, 0.4) is 0 Å². The van der Waals surface area contributed by atoms with Gasteiger partial charge in [-0.25, -0.2) is 4.79 Å². The summed E-state index contributed by atoms with van der Waals surface area (Å²) >= 11 is 2.17. The van der Waals surface area contributed by atoms with Crippen molar-refractivity contribution in [2.75, 3.05) is 6.61 Å². The molecule has 0 bridgehead atoms. The zero-order valence-electron chi connectivity index (χ0n) is 19.1. The van der Waals surface area contributed by atoms with E-state index in [1.807, 2.05) is 12.1 Å². The van der Waals surface area contributed by atoms with Gasteiger partial charge in [0.1, 0.15) is 11.5 Å². The minimum Gasteiger partial charge on any atom is -0.494 e. The molecule has 0 saturated heterocycles. The maximum Gasteiger partial charge on any atom is 0.343 e. The standard InChI is InChI=1S/C27H29IN2O3/c1-3-5-7-20-8-12-22(13-9-20)29-30-26-17-16-24(19-25(26)28)33-27(31)21-10-14-23(15-11-21)32-18-6-4-2/h8-17,19H,3-7,18H2,1-2H3. The molecule has 0 N–H and O–H groups in total. The van der Waals surface area contributed by atoms with Crippen LogP contribution in [0.25, 0.3) is 0 Å². The number of nitrogens with zero attached hydrogens (tertiary/aromatic N) is 2. The van der Waals surface area contributed by atoms with Gasteiger partial charge in [-0.15, -0.1) is 5.11 Å². The van der Waals surface area contributed by atoms with Crippen molar-refractivity contribution in [2.24, 2.45) is 10.2 Å². The van der Waals surface area contributed by atoms with Crippen molar-refractivity contribution in [2.45, 2.75) is 46.0 Å². The molecule has 0 unspecified atom stereocenters. The first-order valence-corrected chi connectivity index (χ1v) is 12.4. The predicted octanol–water partition coefficient (Wildman–Crippen LogP) is 8.45. The van der Waals surface area contributed by atoms with E-state index in [4.69, 9.17) is 9.47 Å². The summed E-state index contributed by atoms with van der Waals surface area (Å²) in [6.45, 7) is 4.98. The van der Waals surface area contributed by atoms with Crippen LogP contribution in [0.5, 0.6) is 11.5 Å². The second-order valence-electron chi connectivity index (χ2n) is 7.70. The zero-order valence-corrected chi connectivity index (χ0v) is 21.2. The topological polar surface area (TPSA) is 60.2 Å². The van der Waals surface area contributed by atoms with Crippen LogP contribution >= 0.6 is 22.6 Å². The lowest BCUT2D eigenvalue weighted by Crippen LogP contribution is -2.08. The molecule has 0 amide bonds. The minimum atomic E-state index is -0.413. The van der Waals surface area contributed by atoms with Crippen LogP contribution in [-0.4, -0.2) is 12.6 Å². The molecule has 6 heteroatoms. The summed E-state index contributed by atoms with van der Waals surface area (Å²) < 4.78 is 12.0. The van der Waals surface area contributed by atoms with Crippen LogP contribution in [0.1, 0.15) is 55.5 Å². The highest BCUT2D eigenvalue weighted by atomic mass is 127. The van der Waals surface area contributed by atoms with Gasteiger partial charge in [-0.2, -0.15) is 5.11 Å². The first-order chi connectivity index (χ1) is 16.1. The highest BCUT2D eigenvalue weighted by molar-refractivity contribution is 14.1.